The summed E-state index contributed by atoms with van der Waals surface area (Å²) in [7, 11) is 3.85. The van der Waals surface area contributed by atoms with Crippen LogP contribution in [0.5, 0.6) is 5.75 Å². The highest BCUT2D eigenvalue weighted by Crippen LogP contribution is 2.20. The summed E-state index contributed by atoms with van der Waals surface area (Å²) in [5, 5.41) is 3.45. The molecule has 108 valence electrons. The molecule has 0 aliphatic rings. The first-order chi connectivity index (χ1) is 9.17. The van der Waals surface area contributed by atoms with Gasteiger partial charge in [-0.2, -0.15) is 0 Å². The number of anilines is 1. The largest absolute Gasteiger partial charge is 0.497 e. The molecule has 1 N–H and O–H groups in total. The Balaban J connectivity index is 2.28. The van der Waals surface area contributed by atoms with Gasteiger partial charge in [0.2, 0.25) is 0 Å². The van der Waals surface area contributed by atoms with Crippen LogP contribution in [-0.4, -0.2) is 33.3 Å². The van der Waals surface area contributed by atoms with E-state index in [0.29, 0.717) is 6.04 Å². The van der Waals surface area contributed by atoms with Crippen molar-refractivity contribution in [3.63, 3.8) is 0 Å². The van der Waals surface area contributed by atoms with E-state index in [-0.39, 0.29) is 0 Å². The van der Waals surface area contributed by atoms with E-state index in [1.165, 1.54) is 24.9 Å². The molecule has 0 heterocycles. The van der Waals surface area contributed by atoms with Crippen LogP contribution in [-0.2, 0) is 0 Å². The van der Waals surface area contributed by atoms with Crippen molar-refractivity contribution in [3.8, 4) is 5.75 Å². The number of unbranched alkanes of at least 4 members (excludes halogenated alkanes) is 1. The molecule has 0 saturated heterocycles. The van der Waals surface area contributed by atoms with E-state index in [1.54, 1.807) is 7.11 Å². The number of benzene rings is 1. The average molecular weight is 264 g/mol. The zero-order chi connectivity index (χ0) is 14.1. The maximum Gasteiger partial charge on any atom is 0.120 e. The van der Waals surface area contributed by atoms with Gasteiger partial charge >= 0.3 is 0 Å². The molecular formula is C16H28N2O. The lowest BCUT2D eigenvalue weighted by Gasteiger charge is -2.20. The number of methoxy groups -OCH3 is 1. The van der Waals surface area contributed by atoms with Crippen LogP contribution in [0.1, 0.15) is 33.1 Å². The van der Waals surface area contributed by atoms with E-state index in [2.05, 4.69) is 43.2 Å². The number of hydrogen-bond acceptors (Lipinski definition) is 3. The third-order valence-corrected chi connectivity index (χ3v) is 3.43. The van der Waals surface area contributed by atoms with E-state index < -0.39 is 0 Å². The molecule has 1 aromatic carbocycles. The molecule has 1 aromatic rings. The lowest BCUT2D eigenvalue weighted by atomic mass is 10.1. The van der Waals surface area contributed by atoms with Gasteiger partial charge in [0.15, 0.2) is 0 Å². The Hall–Kier alpha value is -1.22. The molecule has 0 aliphatic carbocycles. The van der Waals surface area contributed by atoms with Gasteiger partial charge in [0.1, 0.15) is 5.75 Å². The van der Waals surface area contributed by atoms with Crippen molar-refractivity contribution >= 4 is 5.69 Å². The fourth-order valence-corrected chi connectivity index (χ4v) is 2.23. The molecule has 1 unspecified atom stereocenters. The molecule has 0 spiro atoms. The number of nitrogens with one attached hydrogen (secondary N) is 1. The Morgan fingerprint density at radius 1 is 1.32 bits per heavy atom. The maximum atomic E-state index is 5.25. The van der Waals surface area contributed by atoms with Gasteiger partial charge in [0.25, 0.3) is 0 Å². The molecular weight excluding hydrogens is 236 g/mol. The van der Waals surface area contributed by atoms with Gasteiger partial charge in [0, 0.05) is 31.4 Å². The lowest BCUT2D eigenvalue weighted by molar-refractivity contribution is 0.415. The molecule has 3 nitrogen and oxygen atoms in total. The second-order valence-electron chi connectivity index (χ2n) is 5.08. The summed E-state index contributed by atoms with van der Waals surface area (Å²) in [6, 6.07) is 8.87. The molecule has 0 aromatic heterocycles. The predicted molar refractivity (Wildman–Crippen MR) is 83.3 cm³/mol. The first-order valence-electron chi connectivity index (χ1n) is 7.26. The van der Waals surface area contributed by atoms with Gasteiger partial charge in [-0.05, 0) is 38.4 Å². The quantitative estimate of drug-likeness (QED) is 0.693. The van der Waals surface area contributed by atoms with Crippen LogP contribution in [0.3, 0.4) is 0 Å². The van der Waals surface area contributed by atoms with Gasteiger partial charge in [-0.3, -0.25) is 0 Å². The normalized spacial score (nSPS) is 12.2. The smallest absolute Gasteiger partial charge is 0.120 e. The zero-order valence-electron chi connectivity index (χ0n) is 12.8. The molecule has 0 bridgehead atoms. The van der Waals surface area contributed by atoms with E-state index in [4.69, 9.17) is 4.74 Å². The number of hydrogen-bond donors (Lipinski definition) is 1. The van der Waals surface area contributed by atoms with E-state index >= 15 is 0 Å². The van der Waals surface area contributed by atoms with Crippen LogP contribution in [0.15, 0.2) is 24.3 Å². The van der Waals surface area contributed by atoms with Crippen molar-refractivity contribution < 1.29 is 4.74 Å². The zero-order valence-corrected chi connectivity index (χ0v) is 12.8. The van der Waals surface area contributed by atoms with Gasteiger partial charge in [-0.25, -0.2) is 0 Å². The molecule has 0 aliphatic heterocycles. The van der Waals surface area contributed by atoms with Crippen LogP contribution >= 0.6 is 0 Å². The summed E-state index contributed by atoms with van der Waals surface area (Å²) in [5.74, 6) is 0.921. The van der Waals surface area contributed by atoms with Crippen LogP contribution < -0.4 is 15.0 Å². The third-order valence-electron chi connectivity index (χ3n) is 3.43. The average Bonchev–Trinajstić information content (AvgIpc) is 2.43. The van der Waals surface area contributed by atoms with E-state index in [9.17, 15) is 0 Å². The molecule has 19 heavy (non-hydrogen) atoms. The maximum absolute atomic E-state index is 5.25. The Kier molecular flexibility index (Phi) is 7.34. The number of nitrogens with zero attached hydrogens (tertiary/aromatic N) is 1. The van der Waals surface area contributed by atoms with Gasteiger partial charge in [-0.1, -0.05) is 19.4 Å². The molecule has 0 fully saturated rings. The summed E-state index contributed by atoms with van der Waals surface area (Å²) in [5.41, 5.74) is 1.22. The van der Waals surface area contributed by atoms with Crippen molar-refractivity contribution in [2.24, 2.45) is 0 Å². The molecule has 0 saturated carbocycles. The Morgan fingerprint density at radius 3 is 2.79 bits per heavy atom. The van der Waals surface area contributed by atoms with Crippen molar-refractivity contribution in [1.82, 2.24) is 5.32 Å². The van der Waals surface area contributed by atoms with Crippen molar-refractivity contribution in [2.75, 3.05) is 32.1 Å². The fraction of sp³-hybridized carbons (Fsp3) is 0.625. The Bertz CT molecular complexity index is 354. The summed E-state index contributed by atoms with van der Waals surface area (Å²) >= 11 is 0. The highest BCUT2D eigenvalue weighted by molar-refractivity contribution is 5.49. The minimum atomic E-state index is 0.632. The number of ether oxygens (including phenoxy) is 1. The Labute approximate surface area is 118 Å². The second kappa shape index (κ2) is 8.81. The highest BCUT2D eigenvalue weighted by atomic mass is 16.5. The van der Waals surface area contributed by atoms with Crippen molar-refractivity contribution in [3.05, 3.63) is 24.3 Å². The van der Waals surface area contributed by atoms with E-state index in [0.717, 1.165) is 18.8 Å². The summed E-state index contributed by atoms with van der Waals surface area (Å²) in [6.45, 7) is 6.57. The second-order valence-corrected chi connectivity index (χ2v) is 5.08. The van der Waals surface area contributed by atoms with Crippen molar-refractivity contribution in [2.45, 2.75) is 39.2 Å². The van der Waals surface area contributed by atoms with Gasteiger partial charge in [0.05, 0.1) is 7.11 Å². The summed E-state index contributed by atoms with van der Waals surface area (Å²) in [4.78, 5) is 2.29. The third kappa shape index (κ3) is 5.97. The summed E-state index contributed by atoms with van der Waals surface area (Å²) < 4.78 is 5.25. The summed E-state index contributed by atoms with van der Waals surface area (Å²) in [6.07, 6.45) is 3.74. The highest BCUT2D eigenvalue weighted by Gasteiger charge is 2.03. The monoisotopic (exact) mass is 264 g/mol. The molecule has 0 radical (unpaired) electrons. The minimum absolute atomic E-state index is 0.632. The lowest BCUT2D eigenvalue weighted by Crippen LogP contribution is -2.25. The molecule has 3 heteroatoms. The van der Waals surface area contributed by atoms with E-state index in [1.807, 2.05) is 12.1 Å². The SMILES string of the molecule is CCNC(C)CCCCN(C)c1cccc(OC)c1. The molecule has 0 amide bonds. The minimum Gasteiger partial charge on any atom is -0.497 e. The predicted octanol–water partition coefficient (Wildman–Crippen LogP) is 3.30. The van der Waals surface area contributed by atoms with Crippen molar-refractivity contribution in [1.29, 1.82) is 0 Å². The van der Waals surface area contributed by atoms with Gasteiger partial charge < -0.3 is 15.0 Å². The fourth-order valence-electron chi connectivity index (χ4n) is 2.23. The van der Waals surface area contributed by atoms with Crippen LogP contribution in [0.25, 0.3) is 0 Å². The molecule has 1 atom stereocenters. The molecule has 1 rings (SSSR count). The topological polar surface area (TPSA) is 24.5 Å². The first-order valence-corrected chi connectivity index (χ1v) is 7.26. The first kappa shape index (κ1) is 15.8. The van der Waals surface area contributed by atoms with Crippen LogP contribution in [0, 0.1) is 0 Å². The standard InChI is InChI=1S/C16H28N2O/c1-5-17-14(2)9-6-7-12-18(3)15-10-8-11-16(13-15)19-4/h8,10-11,13-14,17H,5-7,9,12H2,1-4H3. The number of rotatable bonds is 9. The van der Waals surface area contributed by atoms with Crippen LogP contribution in [0.2, 0.25) is 0 Å². The van der Waals surface area contributed by atoms with Gasteiger partial charge in [-0.15, -0.1) is 0 Å². The van der Waals surface area contributed by atoms with Crippen LogP contribution in [0.4, 0.5) is 5.69 Å². The Morgan fingerprint density at radius 2 is 2.11 bits per heavy atom.